The highest BCUT2D eigenvalue weighted by Crippen LogP contribution is 2.36. The molecule has 0 aromatic carbocycles. The van der Waals surface area contributed by atoms with Crippen molar-refractivity contribution in [2.45, 2.75) is 26.4 Å². The molecule has 2 amide bonds. The Morgan fingerprint density at radius 3 is 2.67 bits per heavy atom. The van der Waals surface area contributed by atoms with Crippen LogP contribution in [0.25, 0.3) is 22.0 Å². The van der Waals surface area contributed by atoms with E-state index in [2.05, 4.69) is 20.4 Å². The van der Waals surface area contributed by atoms with Crippen LogP contribution in [0.5, 0.6) is 0 Å². The third-order valence-corrected chi connectivity index (χ3v) is 6.86. The van der Waals surface area contributed by atoms with Gasteiger partial charge in [-0.1, -0.05) is 5.16 Å². The Hall–Kier alpha value is -3.67. The minimum atomic E-state index is -4.55. The number of carbonyl (C=O) groups is 1. The predicted octanol–water partition coefficient (Wildman–Crippen LogP) is 5.73. The monoisotopic (exact) mass is 516 g/mol. The van der Waals surface area contributed by atoms with Crippen molar-refractivity contribution in [1.29, 1.82) is 0 Å². The first-order valence-electron chi connectivity index (χ1n) is 11.4. The van der Waals surface area contributed by atoms with Gasteiger partial charge in [-0.15, -0.1) is 0 Å². The van der Waals surface area contributed by atoms with Crippen LogP contribution in [0.3, 0.4) is 0 Å². The summed E-state index contributed by atoms with van der Waals surface area (Å²) in [5, 5.41) is 11.0. The number of rotatable bonds is 3. The Labute approximate surface area is 208 Å². The second kappa shape index (κ2) is 9.41. The Bertz CT molecular complexity index is 1380. The number of nitrogens with zero attached hydrogens (tertiary/aromatic N) is 5. The second-order valence-electron chi connectivity index (χ2n) is 8.55. The van der Waals surface area contributed by atoms with Crippen molar-refractivity contribution in [3.8, 4) is 11.1 Å². The van der Waals surface area contributed by atoms with Crippen LogP contribution in [0, 0.1) is 13.8 Å². The molecule has 0 atom stereocenters. The van der Waals surface area contributed by atoms with Gasteiger partial charge in [0, 0.05) is 43.3 Å². The number of urea groups is 1. The number of aromatic nitrogens is 3. The number of halogens is 3. The van der Waals surface area contributed by atoms with Gasteiger partial charge in [0.1, 0.15) is 22.9 Å². The third kappa shape index (κ3) is 4.60. The second-order valence-corrected chi connectivity index (χ2v) is 9.33. The quantitative estimate of drug-likeness (QED) is 0.375. The summed E-state index contributed by atoms with van der Waals surface area (Å²) < 4.78 is 45.5. The Morgan fingerprint density at radius 2 is 1.97 bits per heavy atom. The van der Waals surface area contributed by atoms with E-state index in [1.165, 1.54) is 17.4 Å². The van der Waals surface area contributed by atoms with E-state index in [0.717, 1.165) is 11.6 Å². The summed E-state index contributed by atoms with van der Waals surface area (Å²) in [5.41, 5.74) is 1.80. The first-order valence-corrected chi connectivity index (χ1v) is 12.3. The van der Waals surface area contributed by atoms with Gasteiger partial charge in [0.2, 0.25) is 0 Å². The molecule has 0 aliphatic carbocycles. The standard InChI is InChI=1S/C24H23F3N6O2S/c1-14-20(15(2)35-31-14)30-23(34)33-8-3-7-32(9-10-33)22-17-4-5-19(24(25,26)27)29-21(17)18(12-28-22)16-6-11-36-13-16/h4-6,11-13H,3,7-10H2,1-2H3,(H,30,34). The summed E-state index contributed by atoms with van der Waals surface area (Å²) >= 11 is 1.45. The van der Waals surface area contributed by atoms with Gasteiger partial charge in [0.25, 0.3) is 0 Å². The van der Waals surface area contributed by atoms with Crippen molar-refractivity contribution < 1.29 is 22.5 Å². The molecule has 8 nitrogen and oxygen atoms in total. The molecule has 12 heteroatoms. The molecule has 5 rings (SSSR count). The molecule has 1 aliphatic rings. The Kier molecular flexibility index (Phi) is 6.29. The molecule has 1 fully saturated rings. The van der Waals surface area contributed by atoms with Crippen molar-refractivity contribution in [3.05, 3.63) is 52.3 Å². The predicted molar refractivity (Wildman–Crippen MR) is 131 cm³/mol. The van der Waals surface area contributed by atoms with Crippen LogP contribution >= 0.6 is 11.3 Å². The lowest BCUT2D eigenvalue weighted by molar-refractivity contribution is -0.140. The van der Waals surface area contributed by atoms with E-state index in [4.69, 9.17) is 4.52 Å². The van der Waals surface area contributed by atoms with Gasteiger partial charge in [-0.25, -0.2) is 14.8 Å². The number of alkyl halides is 3. The van der Waals surface area contributed by atoms with E-state index in [9.17, 15) is 18.0 Å². The molecule has 1 aliphatic heterocycles. The minimum Gasteiger partial charge on any atom is -0.359 e. The van der Waals surface area contributed by atoms with Crippen LogP contribution in [0.15, 0.2) is 39.7 Å². The zero-order valence-corrected chi connectivity index (χ0v) is 20.4. The van der Waals surface area contributed by atoms with Crippen molar-refractivity contribution in [2.75, 3.05) is 36.4 Å². The van der Waals surface area contributed by atoms with Crippen molar-refractivity contribution in [2.24, 2.45) is 0 Å². The highest BCUT2D eigenvalue weighted by Gasteiger charge is 2.33. The van der Waals surface area contributed by atoms with Crippen LogP contribution in [0.4, 0.5) is 29.5 Å². The van der Waals surface area contributed by atoms with Gasteiger partial charge in [-0.2, -0.15) is 24.5 Å². The molecule has 0 unspecified atom stereocenters. The van der Waals surface area contributed by atoms with E-state index in [1.807, 2.05) is 21.7 Å². The highest BCUT2D eigenvalue weighted by atomic mass is 32.1. The fourth-order valence-electron chi connectivity index (χ4n) is 4.32. The molecule has 0 bridgehead atoms. The summed E-state index contributed by atoms with van der Waals surface area (Å²) in [6, 6.07) is 4.01. The van der Waals surface area contributed by atoms with Gasteiger partial charge >= 0.3 is 12.2 Å². The van der Waals surface area contributed by atoms with E-state index < -0.39 is 11.9 Å². The van der Waals surface area contributed by atoms with Crippen LogP contribution in [0.1, 0.15) is 23.6 Å². The molecule has 4 aromatic rings. The summed E-state index contributed by atoms with van der Waals surface area (Å²) in [7, 11) is 0. The van der Waals surface area contributed by atoms with Gasteiger partial charge in [-0.3, -0.25) is 0 Å². The van der Waals surface area contributed by atoms with Crippen molar-refractivity contribution in [1.82, 2.24) is 20.0 Å². The minimum absolute atomic E-state index is 0.255. The van der Waals surface area contributed by atoms with Crippen LogP contribution < -0.4 is 10.2 Å². The third-order valence-electron chi connectivity index (χ3n) is 6.18. The summed E-state index contributed by atoms with van der Waals surface area (Å²) in [4.78, 5) is 25.2. The van der Waals surface area contributed by atoms with Gasteiger partial charge in [-0.05, 0) is 54.8 Å². The van der Waals surface area contributed by atoms with E-state index in [-0.39, 0.29) is 11.5 Å². The fraction of sp³-hybridized carbons (Fsp3) is 0.333. The highest BCUT2D eigenvalue weighted by molar-refractivity contribution is 7.08. The largest absolute Gasteiger partial charge is 0.433 e. The number of anilines is 2. The number of pyridine rings is 2. The van der Waals surface area contributed by atoms with Gasteiger partial charge < -0.3 is 19.6 Å². The van der Waals surface area contributed by atoms with Crippen molar-refractivity contribution >= 4 is 39.8 Å². The molecule has 188 valence electrons. The maximum atomic E-state index is 13.5. The smallest absolute Gasteiger partial charge is 0.359 e. The van der Waals surface area contributed by atoms with Gasteiger partial charge in [0.05, 0.1) is 5.52 Å². The van der Waals surface area contributed by atoms with Crippen LogP contribution in [-0.2, 0) is 6.18 Å². The number of amides is 2. The molecular formula is C24H23F3N6O2S. The van der Waals surface area contributed by atoms with E-state index in [0.29, 0.717) is 66.5 Å². The first kappa shape index (κ1) is 24.0. The molecule has 0 spiro atoms. The number of fused-ring (bicyclic) bond motifs is 1. The zero-order valence-electron chi connectivity index (χ0n) is 19.6. The molecule has 0 radical (unpaired) electrons. The molecule has 1 N–H and O–H groups in total. The molecule has 5 heterocycles. The Balaban J connectivity index is 1.43. The summed E-state index contributed by atoms with van der Waals surface area (Å²) in [6.07, 6.45) is -2.31. The summed E-state index contributed by atoms with van der Waals surface area (Å²) in [5.74, 6) is 1.09. The number of thiophene rings is 1. The molecular weight excluding hydrogens is 493 g/mol. The average molecular weight is 517 g/mol. The maximum Gasteiger partial charge on any atom is 0.433 e. The Morgan fingerprint density at radius 1 is 1.14 bits per heavy atom. The SMILES string of the molecule is Cc1noc(C)c1NC(=O)N1CCCN(c2ncc(-c3ccsc3)c3nc(C(F)(F)F)ccc23)CC1. The summed E-state index contributed by atoms with van der Waals surface area (Å²) in [6.45, 7) is 5.48. The topological polar surface area (TPSA) is 87.4 Å². The number of hydrogen-bond acceptors (Lipinski definition) is 7. The van der Waals surface area contributed by atoms with Crippen molar-refractivity contribution in [3.63, 3.8) is 0 Å². The number of nitrogens with one attached hydrogen (secondary N) is 1. The normalized spacial score (nSPS) is 14.8. The zero-order chi connectivity index (χ0) is 25.4. The molecule has 4 aromatic heterocycles. The van der Waals surface area contributed by atoms with E-state index >= 15 is 0 Å². The molecule has 36 heavy (non-hydrogen) atoms. The number of hydrogen-bond donors (Lipinski definition) is 1. The first-order chi connectivity index (χ1) is 17.2. The fourth-order valence-corrected chi connectivity index (χ4v) is 4.98. The van der Waals surface area contributed by atoms with Gasteiger partial charge in [0.15, 0.2) is 5.76 Å². The lowest BCUT2D eigenvalue weighted by atomic mass is 10.1. The number of aryl methyl sites for hydroxylation is 2. The maximum absolute atomic E-state index is 13.5. The molecule has 0 saturated carbocycles. The molecule has 1 saturated heterocycles. The van der Waals surface area contributed by atoms with Crippen LogP contribution in [0.2, 0.25) is 0 Å². The average Bonchev–Trinajstić information content (AvgIpc) is 3.41. The van der Waals surface area contributed by atoms with Crippen LogP contribution in [-0.4, -0.2) is 52.2 Å². The number of carbonyl (C=O) groups excluding carboxylic acids is 1. The lowest BCUT2D eigenvalue weighted by Gasteiger charge is -2.24. The van der Waals surface area contributed by atoms with E-state index in [1.54, 1.807) is 24.9 Å². The lowest BCUT2D eigenvalue weighted by Crippen LogP contribution is -2.38.